The van der Waals surface area contributed by atoms with Crippen molar-refractivity contribution in [3.8, 4) is 0 Å². The van der Waals surface area contributed by atoms with Gasteiger partial charge in [-0.05, 0) is 48.4 Å². The summed E-state index contributed by atoms with van der Waals surface area (Å²) in [6.07, 6.45) is -3.10. The van der Waals surface area contributed by atoms with E-state index in [9.17, 15) is 21.6 Å². The van der Waals surface area contributed by atoms with Gasteiger partial charge in [-0.2, -0.15) is 13.2 Å². The summed E-state index contributed by atoms with van der Waals surface area (Å²) < 4.78 is 63.1. The highest BCUT2D eigenvalue weighted by atomic mass is 32.2. The van der Waals surface area contributed by atoms with Crippen molar-refractivity contribution in [3.63, 3.8) is 0 Å². The summed E-state index contributed by atoms with van der Waals surface area (Å²) in [5, 5.41) is 6.11. The van der Waals surface area contributed by atoms with Crippen LogP contribution in [-0.2, 0) is 16.0 Å². The van der Waals surface area contributed by atoms with E-state index in [0.29, 0.717) is 28.9 Å². The molecule has 3 aromatic rings. The summed E-state index contributed by atoms with van der Waals surface area (Å²) in [5.41, 5.74) is 0.289. The molecule has 0 amide bonds. The highest BCUT2D eigenvalue weighted by molar-refractivity contribution is 7.99. The molecule has 3 rings (SSSR count). The van der Waals surface area contributed by atoms with Crippen LogP contribution < -0.4 is 10.6 Å². The number of anilines is 4. The molecule has 182 valence electrons. The van der Waals surface area contributed by atoms with E-state index in [-0.39, 0.29) is 10.6 Å². The molecule has 11 heteroatoms. The lowest BCUT2D eigenvalue weighted by Gasteiger charge is -2.15. The summed E-state index contributed by atoms with van der Waals surface area (Å²) in [7, 11) is -3.40. The third-order valence-corrected chi connectivity index (χ3v) is 7.91. The van der Waals surface area contributed by atoms with Crippen molar-refractivity contribution in [2.24, 2.45) is 5.92 Å². The smallest absolute Gasteiger partial charge is 0.340 e. The second kappa shape index (κ2) is 10.6. The van der Waals surface area contributed by atoms with Gasteiger partial charge in [-0.3, -0.25) is 0 Å². The van der Waals surface area contributed by atoms with Gasteiger partial charge < -0.3 is 10.6 Å². The molecule has 2 aromatic carbocycles. The third-order valence-electron chi connectivity index (χ3n) is 4.68. The minimum Gasteiger partial charge on any atom is -0.340 e. The van der Waals surface area contributed by atoms with E-state index in [1.807, 2.05) is 0 Å². The van der Waals surface area contributed by atoms with Crippen LogP contribution in [0.4, 0.5) is 36.2 Å². The molecule has 1 heterocycles. The van der Waals surface area contributed by atoms with Crippen LogP contribution in [0.1, 0.15) is 26.3 Å². The molecule has 0 saturated heterocycles. The number of rotatable bonds is 9. The number of hydrogen-bond acceptors (Lipinski definition) is 7. The van der Waals surface area contributed by atoms with Gasteiger partial charge in [0.1, 0.15) is 18.0 Å². The number of thioether (sulfide) groups is 1. The lowest BCUT2D eigenvalue weighted by Crippen LogP contribution is -2.06. The number of aromatic nitrogens is 2. The molecule has 0 saturated carbocycles. The Kier molecular flexibility index (Phi) is 8.09. The fourth-order valence-corrected chi connectivity index (χ4v) is 4.72. The summed E-state index contributed by atoms with van der Waals surface area (Å²) in [5.74, 6) is 2.04. The number of nitrogens with zero attached hydrogens (tertiary/aromatic N) is 2. The molecular formula is C23H25F3N4O2S2. The van der Waals surface area contributed by atoms with Gasteiger partial charge in [0.25, 0.3) is 0 Å². The van der Waals surface area contributed by atoms with Crippen molar-refractivity contribution in [1.29, 1.82) is 0 Å². The van der Waals surface area contributed by atoms with E-state index in [1.165, 1.54) is 18.5 Å². The van der Waals surface area contributed by atoms with Crippen LogP contribution in [0.15, 0.2) is 64.6 Å². The summed E-state index contributed by atoms with van der Waals surface area (Å²) in [4.78, 5) is 9.40. The van der Waals surface area contributed by atoms with Crippen molar-refractivity contribution >= 4 is 44.6 Å². The van der Waals surface area contributed by atoms with Crippen LogP contribution in [0.3, 0.4) is 0 Å². The van der Waals surface area contributed by atoms with Gasteiger partial charge in [0.05, 0.1) is 21.9 Å². The van der Waals surface area contributed by atoms with Crippen molar-refractivity contribution in [2.75, 3.05) is 22.1 Å². The summed E-state index contributed by atoms with van der Waals surface area (Å²) in [6, 6.07) is 11.2. The fraction of sp³-hybridized carbons (Fsp3) is 0.304. The fourth-order valence-electron chi connectivity index (χ4n) is 2.87. The van der Waals surface area contributed by atoms with E-state index in [1.54, 1.807) is 43.0 Å². The predicted molar refractivity (Wildman–Crippen MR) is 130 cm³/mol. The Morgan fingerprint density at radius 3 is 2.21 bits per heavy atom. The number of benzene rings is 2. The minimum atomic E-state index is -4.41. The highest BCUT2D eigenvalue weighted by Gasteiger charge is 2.29. The number of sulfone groups is 1. The summed E-state index contributed by atoms with van der Waals surface area (Å²) in [6.45, 7) is 5.78. The van der Waals surface area contributed by atoms with E-state index in [4.69, 9.17) is 0 Å². The van der Waals surface area contributed by atoms with Crippen LogP contribution in [0.5, 0.6) is 0 Å². The Balaban J connectivity index is 1.85. The lowest BCUT2D eigenvalue weighted by molar-refractivity contribution is -0.137. The molecule has 0 bridgehead atoms. The molecule has 0 spiro atoms. The number of nitrogens with one attached hydrogen (secondary N) is 2. The molecule has 6 nitrogen and oxygen atoms in total. The molecule has 0 aliphatic carbocycles. The number of halogens is 3. The Morgan fingerprint density at radius 1 is 0.971 bits per heavy atom. The average molecular weight is 511 g/mol. The van der Waals surface area contributed by atoms with Gasteiger partial charge in [-0.15, -0.1) is 11.8 Å². The van der Waals surface area contributed by atoms with Crippen LogP contribution in [0, 0.1) is 5.92 Å². The topological polar surface area (TPSA) is 84.0 Å². The maximum atomic E-state index is 12.8. The molecule has 0 fully saturated rings. The number of alkyl halides is 3. The lowest BCUT2D eigenvalue weighted by atomic mass is 10.2. The van der Waals surface area contributed by atoms with Gasteiger partial charge in [0.15, 0.2) is 9.84 Å². The minimum absolute atomic E-state index is 0.0143. The Morgan fingerprint density at radius 2 is 1.62 bits per heavy atom. The van der Waals surface area contributed by atoms with E-state index in [2.05, 4.69) is 34.4 Å². The largest absolute Gasteiger partial charge is 0.416 e. The molecule has 0 aliphatic rings. The number of hydrogen-bond donors (Lipinski definition) is 2. The normalized spacial score (nSPS) is 12.1. The van der Waals surface area contributed by atoms with Crippen LogP contribution in [0.2, 0.25) is 0 Å². The zero-order valence-corrected chi connectivity index (χ0v) is 20.5. The SMILES string of the molecule is CCS(=O)(=O)c1ccc(SCC(C)C)c(Nc2cc(Nc3ccc(C(F)(F)F)cc3)ncn2)c1. The predicted octanol–water partition coefficient (Wildman–Crippen LogP) is 6.52. The van der Waals surface area contributed by atoms with Gasteiger partial charge in [-0.25, -0.2) is 18.4 Å². The molecule has 0 radical (unpaired) electrons. The van der Waals surface area contributed by atoms with Crippen molar-refractivity contribution in [1.82, 2.24) is 9.97 Å². The maximum absolute atomic E-state index is 12.8. The molecule has 0 aliphatic heterocycles. The van der Waals surface area contributed by atoms with Gasteiger partial charge in [-0.1, -0.05) is 20.8 Å². The van der Waals surface area contributed by atoms with Crippen molar-refractivity contribution in [2.45, 2.75) is 36.7 Å². The van der Waals surface area contributed by atoms with Crippen molar-refractivity contribution in [3.05, 3.63) is 60.4 Å². The first-order chi connectivity index (χ1) is 16.0. The van der Waals surface area contributed by atoms with Crippen LogP contribution in [-0.4, -0.2) is 29.9 Å². The molecule has 2 N–H and O–H groups in total. The monoisotopic (exact) mass is 510 g/mol. The van der Waals surface area contributed by atoms with Gasteiger partial charge in [0.2, 0.25) is 0 Å². The van der Waals surface area contributed by atoms with Crippen molar-refractivity contribution < 1.29 is 21.6 Å². The first kappa shape index (κ1) is 25.8. The van der Waals surface area contributed by atoms with Crippen LogP contribution in [0.25, 0.3) is 0 Å². The van der Waals surface area contributed by atoms with Gasteiger partial charge >= 0.3 is 6.18 Å². The zero-order chi connectivity index (χ0) is 24.9. The molecule has 0 atom stereocenters. The zero-order valence-electron chi connectivity index (χ0n) is 18.8. The van der Waals surface area contributed by atoms with Gasteiger partial charge in [0, 0.05) is 22.4 Å². The highest BCUT2D eigenvalue weighted by Crippen LogP contribution is 2.34. The quantitative estimate of drug-likeness (QED) is 0.317. The second-order valence-corrected chi connectivity index (χ2v) is 11.2. The molecule has 1 aromatic heterocycles. The Bertz CT molecular complexity index is 1230. The average Bonchev–Trinajstić information content (AvgIpc) is 2.78. The van der Waals surface area contributed by atoms with E-state index in [0.717, 1.165) is 22.8 Å². The standard InChI is InChI=1S/C23H25F3N4O2S2/c1-4-34(31,32)18-9-10-20(33-13-15(2)3)19(11-18)30-22-12-21(27-14-28-22)29-17-7-5-16(6-8-17)23(24,25)26/h5-12,14-15H,4,13H2,1-3H3,(H2,27,28,29,30). The maximum Gasteiger partial charge on any atom is 0.416 e. The molecular weight excluding hydrogens is 485 g/mol. The van der Waals surface area contributed by atoms with E-state index >= 15 is 0 Å². The van der Waals surface area contributed by atoms with E-state index < -0.39 is 21.6 Å². The Labute approximate surface area is 201 Å². The summed E-state index contributed by atoms with van der Waals surface area (Å²) >= 11 is 1.60. The Hall–Kier alpha value is -2.79. The first-order valence-electron chi connectivity index (χ1n) is 10.5. The van der Waals surface area contributed by atoms with Crippen LogP contribution >= 0.6 is 11.8 Å². The first-order valence-corrected chi connectivity index (χ1v) is 13.1. The second-order valence-electron chi connectivity index (χ2n) is 7.88. The molecule has 0 unspecified atom stereocenters. The molecule has 34 heavy (non-hydrogen) atoms. The third kappa shape index (κ3) is 6.86.